The number of carbonyl (C=O) groups excluding carboxylic acids is 2. The number of nitrogens with two attached hydrogens (primary N) is 1. The third-order valence-corrected chi connectivity index (χ3v) is 4.94. The van der Waals surface area contributed by atoms with E-state index in [1.807, 2.05) is 30.3 Å². The smallest absolute Gasteiger partial charge is 0.349 e. The molecule has 0 unspecified atom stereocenters. The van der Waals surface area contributed by atoms with E-state index in [0.29, 0.717) is 21.9 Å². The summed E-state index contributed by atoms with van der Waals surface area (Å²) in [5.41, 5.74) is 5.29. The summed E-state index contributed by atoms with van der Waals surface area (Å²) in [7, 11) is 0. The monoisotopic (exact) mass is 398 g/mol. The Labute approximate surface area is 168 Å². The molecule has 3 aromatic carbocycles. The topological polar surface area (TPSA) is 116 Å². The molecule has 7 nitrogen and oxygen atoms in total. The van der Waals surface area contributed by atoms with E-state index in [9.17, 15) is 14.4 Å². The van der Waals surface area contributed by atoms with Crippen LogP contribution in [0.25, 0.3) is 32.7 Å². The number of furan rings is 1. The molecule has 0 aliphatic carbocycles. The summed E-state index contributed by atoms with van der Waals surface area (Å²) >= 11 is 0. The second-order valence-corrected chi connectivity index (χ2v) is 6.77. The predicted octanol–water partition coefficient (Wildman–Crippen LogP) is 4.04. The average molecular weight is 398 g/mol. The van der Waals surface area contributed by atoms with Gasteiger partial charge in [-0.05, 0) is 35.0 Å². The fourth-order valence-electron chi connectivity index (χ4n) is 3.55. The Morgan fingerprint density at radius 1 is 0.800 bits per heavy atom. The van der Waals surface area contributed by atoms with Crippen molar-refractivity contribution in [2.24, 2.45) is 5.73 Å². The van der Waals surface area contributed by atoms with Crippen molar-refractivity contribution in [3.05, 3.63) is 88.5 Å². The largest absolute Gasteiger partial charge is 0.449 e. The van der Waals surface area contributed by atoms with E-state index in [1.165, 1.54) is 6.07 Å². The molecular formula is C23H14N2O5. The summed E-state index contributed by atoms with van der Waals surface area (Å²) in [6.07, 6.45) is 0. The molecule has 5 rings (SSSR count). The van der Waals surface area contributed by atoms with Crippen molar-refractivity contribution in [1.82, 2.24) is 0 Å². The van der Waals surface area contributed by atoms with E-state index in [-0.39, 0.29) is 17.0 Å². The zero-order valence-electron chi connectivity index (χ0n) is 15.5. The Hall–Kier alpha value is -4.39. The highest BCUT2D eigenvalue weighted by Crippen LogP contribution is 2.31. The highest BCUT2D eigenvalue weighted by atomic mass is 16.4. The molecular weight excluding hydrogens is 384 g/mol. The van der Waals surface area contributed by atoms with Gasteiger partial charge < -0.3 is 19.9 Å². The standard InChI is InChI=1S/C23H14N2O5/c24-21(26)20-19(14-7-3-4-8-17(14)29-20)25-22(27)16-11-15-13-6-2-1-5-12(13)9-10-18(15)30-23(16)28/h1-11H,(H2,24,26)(H,25,27). The van der Waals surface area contributed by atoms with Crippen LogP contribution in [0, 0.1) is 0 Å². The summed E-state index contributed by atoms with van der Waals surface area (Å²) in [5.74, 6) is -1.76. The van der Waals surface area contributed by atoms with Crippen LogP contribution in [0.2, 0.25) is 0 Å². The zero-order valence-corrected chi connectivity index (χ0v) is 15.5. The van der Waals surface area contributed by atoms with E-state index in [0.717, 1.165) is 10.8 Å². The zero-order chi connectivity index (χ0) is 20.8. The first-order chi connectivity index (χ1) is 14.5. The predicted molar refractivity (Wildman–Crippen MR) is 113 cm³/mol. The van der Waals surface area contributed by atoms with Crippen LogP contribution < -0.4 is 16.7 Å². The van der Waals surface area contributed by atoms with E-state index in [4.69, 9.17) is 14.6 Å². The highest BCUT2D eigenvalue weighted by molar-refractivity contribution is 6.15. The quantitative estimate of drug-likeness (QED) is 0.351. The molecule has 2 aromatic heterocycles. The van der Waals surface area contributed by atoms with Gasteiger partial charge in [-0.1, -0.05) is 42.5 Å². The molecule has 0 aliphatic rings. The Kier molecular flexibility index (Phi) is 3.89. The number of carbonyl (C=O) groups is 2. The van der Waals surface area contributed by atoms with Crippen LogP contribution in [0.5, 0.6) is 0 Å². The van der Waals surface area contributed by atoms with Gasteiger partial charge in [-0.25, -0.2) is 4.79 Å². The summed E-state index contributed by atoms with van der Waals surface area (Å²) in [5, 5.41) is 5.51. The van der Waals surface area contributed by atoms with Gasteiger partial charge >= 0.3 is 5.63 Å². The van der Waals surface area contributed by atoms with Gasteiger partial charge in [0.1, 0.15) is 22.4 Å². The van der Waals surface area contributed by atoms with Gasteiger partial charge in [0.05, 0.1) is 0 Å². The minimum absolute atomic E-state index is 0.112. The van der Waals surface area contributed by atoms with Gasteiger partial charge in [0.2, 0.25) is 5.76 Å². The first-order valence-electron chi connectivity index (χ1n) is 9.11. The van der Waals surface area contributed by atoms with Crippen molar-refractivity contribution in [3.63, 3.8) is 0 Å². The van der Waals surface area contributed by atoms with E-state index < -0.39 is 17.4 Å². The van der Waals surface area contributed by atoms with E-state index in [1.54, 1.807) is 30.3 Å². The molecule has 0 atom stereocenters. The maximum Gasteiger partial charge on any atom is 0.349 e. The number of amides is 2. The van der Waals surface area contributed by atoms with E-state index >= 15 is 0 Å². The van der Waals surface area contributed by atoms with Gasteiger partial charge in [-0.2, -0.15) is 0 Å². The molecule has 5 aromatic rings. The number of hydrogen-bond acceptors (Lipinski definition) is 5. The van der Waals surface area contributed by atoms with Crippen LogP contribution in [-0.2, 0) is 0 Å². The number of para-hydroxylation sites is 1. The van der Waals surface area contributed by atoms with Gasteiger partial charge in [-0.15, -0.1) is 0 Å². The first-order valence-corrected chi connectivity index (χ1v) is 9.11. The molecule has 0 saturated heterocycles. The number of anilines is 1. The fraction of sp³-hybridized carbons (Fsp3) is 0. The molecule has 0 radical (unpaired) electrons. The Balaban J connectivity index is 1.66. The van der Waals surface area contributed by atoms with Crippen molar-refractivity contribution in [2.45, 2.75) is 0 Å². The molecule has 7 heteroatoms. The number of primary amides is 1. The van der Waals surface area contributed by atoms with Crippen LogP contribution >= 0.6 is 0 Å². The molecule has 30 heavy (non-hydrogen) atoms. The lowest BCUT2D eigenvalue weighted by molar-refractivity contribution is 0.0977. The second kappa shape index (κ2) is 6.59. The molecule has 0 saturated carbocycles. The second-order valence-electron chi connectivity index (χ2n) is 6.77. The molecule has 2 heterocycles. The highest BCUT2D eigenvalue weighted by Gasteiger charge is 2.23. The van der Waals surface area contributed by atoms with Crippen LogP contribution in [-0.4, -0.2) is 11.8 Å². The SMILES string of the molecule is NC(=O)c1oc2ccccc2c1NC(=O)c1cc2c(ccc3ccccc32)oc1=O. The van der Waals surface area contributed by atoms with E-state index in [2.05, 4.69) is 5.32 Å². The van der Waals surface area contributed by atoms with Crippen LogP contribution in [0.3, 0.4) is 0 Å². The molecule has 0 spiro atoms. The Bertz CT molecular complexity index is 1540. The lowest BCUT2D eigenvalue weighted by atomic mass is 10.0. The summed E-state index contributed by atoms with van der Waals surface area (Å²) in [6.45, 7) is 0. The van der Waals surface area contributed by atoms with Crippen LogP contribution in [0.15, 0.2) is 80.4 Å². The normalized spacial score (nSPS) is 11.2. The van der Waals surface area contributed by atoms with Gasteiger partial charge in [0.25, 0.3) is 11.8 Å². The number of rotatable bonds is 3. The van der Waals surface area contributed by atoms with Crippen LogP contribution in [0.4, 0.5) is 5.69 Å². The van der Waals surface area contributed by atoms with Crippen molar-refractivity contribution < 1.29 is 18.4 Å². The molecule has 3 N–H and O–H groups in total. The van der Waals surface area contributed by atoms with Crippen molar-refractivity contribution >= 4 is 50.2 Å². The number of fused-ring (bicyclic) bond motifs is 4. The number of nitrogens with one attached hydrogen (secondary N) is 1. The first kappa shape index (κ1) is 17.7. The fourth-order valence-corrected chi connectivity index (χ4v) is 3.55. The third-order valence-electron chi connectivity index (χ3n) is 4.94. The number of hydrogen-bond donors (Lipinski definition) is 2. The summed E-state index contributed by atoms with van der Waals surface area (Å²) in [6, 6.07) is 19.4. The average Bonchev–Trinajstić information content (AvgIpc) is 3.12. The Morgan fingerprint density at radius 3 is 2.30 bits per heavy atom. The summed E-state index contributed by atoms with van der Waals surface area (Å²) < 4.78 is 10.8. The van der Waals surface area contributed by atoms with Crippen molar-refractivity contribution in [2.75, 3.05) is 5.32 Å². The lowest BCUT2D eigenvalue weighted by Crippen LogP contribution is -2.22. The Morgan fingerprint density at radius 2 is 1.50 bits per heavy atom. The van der Waals surface area contributed by atoms with Crippen LogP contribution in [0.1, 0.15) is 20.9 Å². The number of benzene rings is 3. The van der Waals surface area contributed by atoms with Crippen molar-refractivity contribution in [1.29, 1.82) is 0 Å². The maximum atomic E-state index is 13.0. The molecule has 0 aliphatic heterocycles. The van der Waals surface area contributed by atoms with Gasteiger partial charge in [-0.3, -0.25) is 9.59 Å². The minimum Gasteiger partial charge on any atom is -0.449 e. The molecule has 2 amide bonds. The minimum atomic E-state index is -0.835. The van der Waals surface area contributed by atoms with Crippen molar-refractivity contribution in [3.8, 4) is 0 Å². The maximum absolute atomic E-state index is 13.0. The van der Waals surface area contributed by atoms with Gasteiger partial charge in [0, 0.05) is 10.8 Å². The molecule has 146 valence electrons. The lowest BCUT2D eigenvalue weighted by Gasteiger charge is -2.07. The van der Waals surface area contributed by atoms with Gasteiger partial charge in [0.15, 0.2) is 0 Å². The third kappa shape index (κ3) is 2.72. The molecule has 0 bridgehead atoms. The molecule has 0 fully saturated rings. The summed E-state index contributed by atoms with van der Waals surface area (Å²) in [4.78, 5) is 37.2.